The third kappa shape index (κ3) is 3.08. The molecule has 0 radical (unpaired) electrons. The van der Waals surface area contributed by atoms with Crippen molar-refractivity contribution in [1.29, 1.82) is 0 Å². The lowest BCUT2D eigenvalue weighted by molar-refractivity contribution is 0.632. The van der Waals surface area contributed by atoms with Crippen LogP contribution in [0.5, 0.6) is 0 Å². The molecule has 1 aliphatic carbocycles. The summed E-state index contributed by atoms with van der Waals surface area (Å²) in [6, 6.07) is 0. The van der Waals surface area contributed by atoms with Crippen LogP contribution >= 0.6 is 11.3 Å². The van der Waals surface area contributed by atoms with Gasteiger partial charge in [0.1, 0.15) is 0 Å². The Hall–Kier alpha value is -0.410. The Labute approximate surface area is 107 Å². The average Bonchev–Trinajstić information content (AvgIpc) is 3.05. The number of hydrogen-bond donors (Lipinski definition) is 1. The second kappa shape index (κ2) is 5.49. The largest absolute Gasteiger partial charge is 0.319 e. The number of likely N-dealkylation sites (N-methyl/N-ethyl adjacent to an activating group) is 1. The van der Waals surface area contributed by atoms with Crippen LogP contribution in [0.3, 0.4) is 0 Å². The Morgan fingerprint density at radius 3 is 2.76 bits per heavy atom. The average molecular weight is 255 g/mol. The molecular formula is C14H22FNS. The number of hydrogen-bond acceptors (Lipinski definition) is 2. The van der Waals surface area contributed by atoms with Crippen LogP contribution in [0.15, 0.2) is 0 Å². The summed E-state index contributed by atoms with van der Waals surface area (Å²) in [5.74, 6) is 1.34. The smallest absolute Gasteiger partial charge is 0.179 e. The van der Waals surface area contributed by atoms with Gasteiger partial charge >= 0.3 is 0 Å². The molecule has 1 aromatic heterocycles. The molecule has 1 N–H and O–H groups in total. The molecule has 2 rings (SSSR count). The number of thiophene rings is 1. The fourth-order valence-corrected chi connectivity index (χ4v) is 3.70. The molecule has 1 fully saturated rings. The van der Waals surface area contributed by atoms with Crippen molar-refractivity contribution in [3.63, 3.8) is 0 Å². The van der Waals surface area contributed by atoms with Gasteiger partial charge < -0.3 is 5.32 Å². The maximum Gasteiger partial charge on any atom is 0.179 e. The van der Waals surface area contributed by atoms with Crippen molar-refractivity contribution in [2.24, 2.45) is 5.92 Å². The van der Waals surface area contributed by atoms with Crippen LogP contribution < -0.4 is 5.32 Å². The van der Waals surface area contributed by atoms with Crippen LogP contribution in [0, 0.1) is 18.0 Å². The van der Waals surface area contributed by atoms with E-state index >= 15 is 0 Å². The molecular weight excluding hydrogens is 233 g/mol. The summed E-state index contributed by atoms with van der Waals surface area (Å²) in [5.41, 5.74) is 2.14. The first-order valence-corrected chi connectivity index (χ1v) is 7.37. The van der Waals surface area contributed by atoms with Crippen molar-refractivity contribution in [2.45, 2.75) is 45.4 Å². The fraction of sp³-hybridized carbons (Fsp3) is 0.714. The molecule has 0 amide bonds. The van der Waals surface area contributed by atoms with Crippen LogP contribution in [0.4, 0.5) is 4.39 Å². The van der Waals surface area contributed by atoms with E-state index in [1.165, 1.54) is 41.0 Å². The molecule has 1 saturated carbocycles. The molecule has 0 aromatic carbocycles. The van der Waals surface area contributed by atoms with Crippen molar-refractivity contribution in [1.82, 2.24) is 5.32 Å². The normalized spacial score (nSPS) is 17.4. The van der Waals surface area contributed by atoms with Crippen molar-refractivity contribution in [3.8, 4) is 0 Å². The molecule has 1 heterocycles. The summed E-state index contributed by atoms with van der Waals surface area (Å²) in [4.78, 5) is 1.29. The third-order valence-corrected chi connectivity index (χ3v) is 4.85. The first-order valence-electron chi connectivity index (χ1n) is 6.55. The van der Waals surface area contributed by atoms with E-state index in [1.807, 2.05) is 14.0 Å². The molecule has 1 nitrogen and oxygen atoms in total. The van der Waals surface area contributed by atoms with Gasteiger partial charge in [-0.2, -0.15) is 4.39 Å². The number of aryl methyl sites for hydroxylation is 1. The van der Waals surface area contributed by atoms with Gasteiger partial charge in [-0.05, 0) is 49.8 Å². The lowest BCUT2D eigenvalue weighted by Crippen LogP contribution is -2.16. The monoisotopic (exact) mass is 255 g/mol. The first-order chi connectivity index (χ1) is 8.13. The summed E-state index contributed by atoms with van der Waals surface area (Å²) < 4.78 is 13.7. The second-order valence-corrected chi connectivity index (χ2v) is 6.33. The van der Waals surface area contributed by atoms with E-state index in [1.54, 1.807) is 0 Å². The molecule has 1 aliphatic rings. The van der Waals surface area contributed by atoms with E-state index in [0.717, 1.165) is 24.4 Å². The van der Waals surface area contributed by atoms with Gasteiger partial charge in [-0.25, -0.2) is 0 Å². The predicted octanol–water partition coefficient (Wildman–Crippen LogP) is 3.86. The molecule has 0 spiro atoms. The van der Waals surface area contributed by atoms with Crippen molar-refractivity contribution in [2.75, 3.05) is 13.6 Å². The van der Waals surface area contributed by atoms with Crippen LogP contribution in [0.25, 0.3) is 0 Å². The molecule has 1 unspecified atom stereocenters. The minimum Gasteiger partial charge on any atom is -0.319 e. The molecule has 96 valence electrons. The standard InChI is InChI=1S/C14H22FNS/c1-9(8-16-3)13-10(2)14(15)17-12(13)7-6-11-4-5-11/h9,11,16H,4-8H2,1-3H3. The van der Waals surface area contributed by atoms with Gasteiger partial charge in [-0.1, -0.05) is 19.8 Å². The third-order valence-electron chi connectivity index (χ3n) is 3.69. The van der Waals surface area contributed by atoms with E-state index in [9.17, 15) is 4.39 Å². The van der Waals surface area contributed by atoms with Crippen molar-refractivity contribution < 1.29 is 4.39 Å². The highest BCUT2D eigenvalue weighted by Gasteiger charge is 2.24. The Balaban J connectivity index is 2.13. The lowest BCUT2D eigenvalue weighted by atomic mass is 9.96. The zero-order valence-corrected chi connectivity index (χ0v) is 11.8. The molecule has 0 bridgehead atoms. The topological polar surface area (TPSA) is 12.0 Å². The Morgan fingerprint density at radius 2 is 2.18 bits per heavy atom. The number of rotatable bonds is 6. The number of halogens is 1. The quantitative estimate of drug-likeness (QED) is 0.814. The fourth-order valence-electron chi connectivity index (χ4n) is 2.53. The van der Waals surface area contributed by atoms with Gasteiger partial charge in [0.15, 0.2) is 5.13 Å². The lowest BCUT2D eigenvalue weighted by Gasteiger charge is -2.13. The molecule has 1 atom stereocenters. The maximum atomic E-state index is 13.7. The van der Waals surface area contributed by atoms with Gasteiger partial charge in [0.25, 0.3) is 0 Å². The minimum absolute atomic E-state index is 0.0220. The highest BCUT2D eigenvalue weighted by molar-refractivity contribution is 7.10. The molecule has 1 aromatic rings. The van der Waals surface area contributed by atoms with E-state index in [4.69, 9.17) is 0 Å². The summed E-state index contributed by atoms with van der Waals surface area (Å²) in [6.07, 6.45) is 5.09. The van der Waals surface area contributed by atoms with Crippen LogP contribution in [-0.2, 0) is 6.42 Å². The summed E-state index contributed by atoms with van der Waals surface area (Å²) in [7, 11) is 1.96. The highest BCUT2D eigenvalue weighted by Crippen LogP contribution is 2.38. The Bertz CT molecular complexity index is 382. The summed E-state index contributed by atoms with van der Waals surface area (Å²) >= 11 is 1.37. The van der Waals surface area contributed by atoms with Crippen molar-refractivity contribution in [3.05, 3.63) is 21.1 Å². The van der Waals surface area contributed by atoms with E-state index in [2.05, 4.69) is 12.2 Å². The van der Waals surface area contributed by atoms with Gasteiger partial charge in [-0.15, -0.1) is 11.3 Å². The molecule has 17 heavy (non-hydrogen) atoms. The summed E-state index contributed by atoms with van der Waals surface area (Å²) in [5, 5.41) is 3.21. The van der Waals surface area contributed by atoms with Gasteiger partial charge in [0.05, 0.1) is 0 Å². The zero-order valence-electron chi connectivity index (χ0n) is 11.0. The Morgan fingerprint density at radius 1 is 1.47 bits per heavy atom. The molecule has 0 saturated heterocycles. The summed E-state index contributed by atoms with van der Waals surface area (Å²) in [6.45, 7) is 5.03. The van der Waals surface area contributed by atoms with Gasteiger partial charge in [0.2, 0.25) is 0 Å². The zero-order chi connectivity index (χ0) is 12.4. The number of nitrogens with one attached hydrogen (secondary N) is 1. The Kier molecular flexibility index (Phi) is 4.21. The van der Waals surface area contributed by atoms with E-state index < -0.39 is 0 Å². The predicted molar refractivity (Wildman–Crippen MR) is 72.4 cm³/mol. The second-order valence-electron chi connectivity index (χ2n) is 5.28. The molecule has 3 heteroatoms. The van der Waals surface area contributed by atoms with Gasteiger partial charge in [0, 0.05) is 11.4 Å². The minimum atomic E-state index is 0.0220. The molecule has 0 aliphatic heterocycles. The first kappa shape index (κ1) is 13.0. The van der Waals surface area contributed by atoms with Crippen molar-refractivity contribution >= 4 is 11.3 Å². The van der Waals surface area contributed by atoms with E-state index in [-0.39, 0.29) is 5.13 Å². The van der Waals surface area contributed by atoms with Crippen LogP contribution in [0.2, 0.25) is 0 Å². The highest BCUT2D eigenvalue weighted by atomic mass is 32.1. The SMILES string of the molecule is CNCC(C)c1c(CCC2CC2)sc(F)c1C. The van der Waals surface area contributed by atoms with Crippen LogP contribution in [0.1, 0.15) is 48.1 Å². The van der Waals surface area contributed by atoms with E-state index in [0.29, 0.717) is 5.92 Å². The van der Waals surface area contributed by atoms with Crippen LogP contribution in [-0.4, -0.2) is 13.6 Å². The maximum absolute atomic E-state index is 13.7. The van der Waals surface area contributed by atoms with Gasteiger partial charge in [-0.3, -0.25) is 0 Å².